The molecule has 0 aromatic carbocycles. The van der Waals surface area contributed by atoms with Crippen LogP contribution in [-0.4, -0.2) is 60.9 Å². The van der Waals surface area contributed by atoms with Gasteiger partial charge in [-0.15, -0.1) is 0 Å². The van der Waals surface area contributed by atoms with Crippen LogP contribution >= 0.6 is 0 Å². The van der Waals surface area contributed by atoms with Crippen molar-refractivity contribution in [3.63, 3.8) is 0 Å². The van der Waals surface area contributed by atoms with Crippen molar-refractivity contribution in [2.45, 2.75) is 44.6 Å². The van der Waals surface area contributed by atoms with Gasteiger partial charge in [-0.3, -0.25) is 14.5 Å². The van der Waals surface area contributed by atoms with E-state index in [4.69, 9.17) is 0 Å². The molecule has 2 saturated carbocycles. The SMILES string of the molecule is CN1CCN(CC(=O)N[C@@H]2CC23CCCCC3)CC1=O. The molecule has 3 aliphatic rings. The minimum Gasteiger partial charge on any atom is -0.352 e. The summed E-state index contributed by atoms with van der Waals surface area (Å²) in [4.78, 5) is 27.4. The van der Waals surface area contributed by atoms with E-state index in [0.29, 0.717) is 24.5 Å². The molecule has 5 nitrogen and oxygen atoms in total. The van der Waals surface area contributed by atoms with Crippen molar-refractivity contribution in [3.8, 4) is 0 Å². The number of hydrogen-bond donors (Lipinski definition) is 1. The number of hydrogen-bond acceptors (Lipinski definition) is 3. The van der Waals surface area contributed by atoms with Crippen molar-refractivity contribution in [1.82, 2.24) is 15.1 Å². The van der Waals surface area contributed by atoms with E-state index < -0.39 is 0 Å². The lowest BCUT2D eigenvalue weighted by Crippen LogP contribution is -2.51. The van der Waals surface area contributed by atoms with E-state index in [1.807, 2.05) is 11.9 Å². The highest BCUT2D eigenvalue weighted by Gasteiger charge is 2.54. The van der Waals surface area contributed by atoms with Gasteiger partial charge in [0.25, 0.3) is 0 Å². The lowest BCUT2D eigenvalue weighted by atomic mass is 9.86. The number of rotatable bonds is 3. The Hall–Kier alpha value is -1.10. The monoisotopic (exact) mass is 279 g/mol. The maximum absolute atomic E-state index is 12.1. The number of nitrogens with zero attached hydrogens (tertiary/aromatic N) is 2. The zero-order valence-corrected chi connectivity index (χ0v) is 12.4. The third-order valence-electron chi connectivity index (χ3n) is 5.28. The van der Waals surface area contributed by atoms with Crippen molar-refractivity contribution in [2.24, 2.45) is 5.41 Å². The molecule has 1 aliphatic heterocycles. The van der Waals surface area contributed by atoms with Crippen molar-refractivity contribution in [2.75, 3.05) is 33.2 Å². The number of carbonyl (C=O) groups is 2. The van der Waals surface area contributed by atoms with Crippen molar-refractivity contribution >= 4 is 11.8 Å². The van der Waals surface area contributed by atoms with Gasteiger partial charge in [-0.25, -0.2) is 0 Å². The second-order valence-corrected chi connectivity index (χ2v) is 6.77. The fraction of sp³-hybridized carbons (Fsp3) is 0.867. The van der Waals surface area contributed by atoms with E-state index in [-0.39, 0.29) is 11.8 Å². The van der Waals surface area contributed by atoms with Crippen LogP contribution in [0.25, 0.3) is 0 Å². The van der Waals surface area contributed by atoms with E-state index in [1.54, 1.807) is 4.90 Å². The topological polar surface area (TPSA) is 52.6 Å². The first-order valence-corrected chi connectivity index (χ1v) is 7.85. The Labute approximate surface area is 120 Å². The average molecular weight is 279 g/mol. The molecule has 1 spiro atoms. The van der Waals surface area contributed by atoms with E-state index in [9.17, 15) is 9.59 Å². The van der Waals surface area contributed by atoms with E-state index in [0.717, 1.165) is 13.1 Å². The Morgan fingerprint density at radius 3 is 2.75 bits per heavy atom. The molecule has 2 aliphatic carbocycles. The average Bonchev–Trinajstić information content (AvgIpc) is 3.06. The molecule has 2 amide bonds. The zero-order valence-electron chi connectivity index (χ0n) is 12.4. The zero-order chi connectivity index (χ0) is 14.2. The van der Waals surface area contributed by atoms with Crippen molar-refractivity contribution in [1.29, 1.82) is 0 Å². The second-order valence-electron chi connectivity index (χ2n) is 6.77. The molecule has 0 bridgehead atoms. The standard InChI is InChI=1S/C15H25N3O2/c1-17-7-8-18(11-14(17)20)10-13(19)16-12-9-15(12)5-3-2-4-6-15/h12H,2-11H2,1H3,(H,16,19)/t12-/m1/s1. The number of amides is 2. The van der Waals surface area contributed by atoms with Gasteiger partial charge in [0.1, 0.15) is 0 Å². The Kier molecular flexibility index (Phi) is 3.71. The fourth-order valence-corrected chi connectivity index (χ4v) is 3.75. The molecular weight excluding hydrogens is 254 g/mol. The summed E-state index contributed by atoms with van der Waals surface area (Å²) in [6, 6.07) is 0.401. The first-order chi connectivity index (χ1) is 9.59. The quantitative estimate of drug-likeness (QED) is 0.823. The van der Waals surface area contributed by atoms with Crippen LogP contribution in [0.3, 0.4) is 0 Å². The molecule has 1 atom stereocenters. The van der Waals surface area contributed by atoms with Gasteiger partial charge in [0.05, 0.1) is 13.1 Å². The molecule has 1 heterocycles. The second kappa shape index (κ2) is 5.35. The van der Waals surface area contributed by atoms with Crippen LogP contribution in [0.4, 0.5) is 0 Å². The summed E-state index contributed by atoms with van der Waals surface area (Å²) >= 11 is 0. The van der Waals surface area contributed by atoms with Crippen LogP contribution < -0.4 is 5.32 Å². The number of piperazine rings is 1. The number of likely N-dealkylation sites (N-methyl/N-ethyl adjacent to an activating group) is 1. The van der Waals surface area contributed by atoms with Crippen molar-refractivity contribution in [3.05, 3.63) is 0 Å². The van der Waals surface area contributed by atoms with Crippen LogP contribution in [0.5, 0.6) is 0 Å². The first-order valence-electron chi connectivity index (χ1n) is 7.85. The lowest BCUT2D eigenvalue weighted by molar-refractivity contribution is -0.135. The Bertz CT molecular complexity index is 404. The highest BCUT2D eigenvalue weighted by atomic mass is 16.2. The highest BCUT2D eigenvalue weighted by molar-refractivity contribution is 5.82. The minimum absolute atomic E-state index is 0.0924. The Balaban J connectivity index is 1.43. The smallest absolute Gasteiger partial charge is 0.236 e. The summed E-state index contributed by atoms with van der Waals surface area (Å²) in [6.45, 7) is 2.26. The van der Waals surface area contributed by atoms with E-state index in [2.05, 4.69) is 5.32 Å². The molecule has 0 aromatic rings. The molecule has 0 aromatic heterocycles. The maximum atomic E-state index is 12.1. The summed E-state index contributed by atoms with van der Waals surface area (Å²) in [5.74, 6) is 0.203. The van der Waals surface area contributed by atoms with Gasteiger partial charge < -0.3 is 10.2 Å². The third-order valence-corrected chi connectivity index (χ3v) is 5.28. The molecule has 1 N–H and O–H groups in total. The molecule has 3 fully saturated rings. The molecule has 0 unspecified atom stereocenters. The largest absolute Gasteiger partial charge is 0.352 e. The number of nitrogens with one attached hydrogen (secondary N) is 1. The molecule has 1 saturated heterocycles. The normalized spacial score (nSPS) is 29.6. The lowest BCUT2D eigenvalue weighted by Gasteiger charge is -2.31. The van der Waals surface area contributed by atoms with Gasteiger partial charge >= 0.3 is 0 Å². The summed E-state index contributed by atoms with van der Waals surface area (Å²) in [5, 5.41) is 3.18. The van der Waals surface area contributed by atoms with Gasteiger partial charge in [0.15, 0.2) is 0 Å². The number of carbonyl (C=O) groups excluding carboxylic acids is 2. The van der Waals surface area contributed by atoms with Gasteiger partial charge in [0, 0.05) is 26.2 Å². The predicted octanol–water partition coefficient (Wildman–Crippen LogP) is 0.599. The molecular formula is C15H25N3O2. The molecule has 112 valence electrons. The summed E-state index contributed by atoms with van der Waals surface area (Å²) < 4.78 is 0. The molecule has 20 heavy (non-hydrogen) atoms. The molecule has 3 rings (SSSR count). The van der Waals surface area contributed by atoms with Crippen LogP contribution in [0.15, 0.2) is 0 Å². The summed E-state index contributed by atoms with van der Waals surface area (Å²) in [5.41, 5.74) is 0.436. The Morgan fingerprint density at radius 2 is 2.05 bits per heavy atom. The van der Waals surface area contributed by atoms with Crippen LogP contribution in [0.1, 0.15) is 38.5 Å². The van der Waals surface area contributed by atoms with Crippen LogP contribution in [0, 0.1) is 5.41 Å². The summed E-state index contributed by atoms with van der Waals surface area (Å²) in [6.07, 6.45) is 7.72. The van der Waals surface area contributed by atoms with E-state index >= 15 is 0 Å². The first kappa shape index (κ1) is 13.9. The van der Waals surface area contributed by atoms with Gasteiger partial charge in [-0.1, -0.05) is 19.3 Å². The maximum Gasteiger partial charge on any atom is 0.236 e. The van der Waals surface area contributed by atoms with Crippen LogP contribution in [0.2, 0.25) is 0 Å². The van der Waals surface area contributed by atoms with E-state index in [1.165, 1.54) is 38.5 Å². The highest BCUT2D eigenvalue weighted by Crippen LogP contribution is 2.56. The predicted molar refractivity (Wildman–Crippen MR) is 76.1 cm³/mol. The molecule has 0 radical (unpaired) electrons. The van der Waals surface area contributed by atoms with Crippen molar-refractivity contribution < 1.29 is 9.59 Å². The van der Waals surface area contributed by atoms with Gasteiger partial charge in [-0.2, -0.15) is 0 Å². The van der Waals surface area contributed by atoms with Crippen LogP contribution in [-0.2, 0) is 9.59 Å². The van der Waals surface area contributed by atoms with Gasteiger partial charge in [-0.05, 0) is 24.7 Å². The molecule has 5 heteroatoms. The van der Waals surface area contributed by atoms with Gasteiger partial charge in [0.2, 0.25) is 11.8 Å². The fourth-order valence-electron chi connectivity index (χ4n) is 3.75. The Morgan fingerprint density at radius 1 is 1.30 bits per heavy atom. The summed E-state index contributed by atoms with van der Waals surface area (Å²) in [7, 11) is 1.82. The third kappa shape index (κ3) is 2.82. The minimum atomic E-state index is 0.0924.